The Labute approximate surface area is 111 Å². The molecule has 0 aliphatic heterocycles. The summed E-state index contributed by atoms with van der Waals surface area (Å²) in [5.74, 6) is 1.99. The van der Waals surface area contributed by atoms with Crippen LogP contribution in [0.15, 0.2) is 10.7 Å². The van der Waals surface area contributed by atoms with E-state index in [1.165, 1.54) is 0 Å². The third-order valence-electron chi connectivity index (χ3n) is 2.19. The number of hydrogen-bond acceptors (Lipinski definition) is 4. The van der Waals surface area contributed by atoms with Gasteiger partial charge in [-0.2, -0.15) is 0 Å². The van der Waals surface area contributed by atoms with Gasteiger partial charge in [0, 0.05) is 24.6 Å². The average molecular weight is 302 g/mol. The van der Waals surface area contributed by atoms with Gasteiger partial charge in [-0.05, 0) is 29.8 Å². The highest BCUT2D eigenvalue weighted by molar-refractivity contribution is 9.10. The average Bonchev–Trinajstić information content (AvgIpc) is 2.25. The predicted octanol–water partition coefficient (Wildman–Crippen LogP) is 3.20. The van der Waals surface area contributed by atoms with Gasteiger partial charge in [-0.1, -0.05) is 13.8 Å². The van der Waals surface area contributed by atoms with E-state index in [1.807, 2.05) is 13.0 Å². The molecule has 0 fully saturated rings. The lowest BCUT2D eigenvalue weighted by Crippen LogP contribution is -2.22. The molecule has 1 aromatic heterocycles. The van der Waals surface area contributed by atoms with Crippen molar-refractivity contribution in [3.63, 3.8) is 0 Å². The standard InChI is InChI=1S/C12H20BrN3O/c1-5-17-7-9(4)14-11-6-10(13)15-12(16-11)8(2)3/h6,8-9H,5,7H2,1-4H3,(H,14,15,16). The smallest absolute Gasteiger partial charge is 0.134 e. The van der Waals surface area contributed by atoms with Gasteiger partial charge < -0.3 is 10.1 Å². The minimum absolute atomic E-state index is 0.233. The molecule has 5 heteroatoms. The molecule has 0 aliphatic rings. The van der Waals surface area contributed by atoms with Crippen molar-refractivity contribution in [3.8, 4) is 0 Å². The van der Waals surface area contributed by atoms with E-state index in [4.69, 9.17) is 4.74 Å². The first-order chi connectivity index (χ1) is 8.02. The van der Waals surface area contributed by atoms with Crippen molar-refractivity contribution in [1.29, 1.82) is 0 Å². The quantitative estimate of drug-likeness (QED) is 0.820. The van der Waals surface area contributed by atoms with Gasteiger partial charge in [-0.3, -0.25) is 0 Å². The summed E-state index contributed by atoms with van der Waals surface area (Å²) in [6.07, 6.45) is 0. The van der Waals surface area contributed by atoms with E-state index in [0.29, 0.717) is 12.5 Å². The van der Waals surface area contributed by atoms with Crippen LogP contribution in [0.5, 0.6) is 0 Å². The van der Waals surface area contributed by atoms with Crippen molar-refractivity contribution >= 4 is 21.7 Å². The molecule has 17 heavy (non-hydrogen) atoms. The van der Waals surface area contributed by atoms with Gasteiger partial charge in [0.05, 0.1) is 6.61 Å². The van der Waals surface area contributed by atoms with Crippen LogP contribution < -0.4 is 5.32 Å². The summed E-state index contributed by atoms with van der Waals surface area (Å²) >= 11 is 3.40. The van der Waals surface area contributed by atoms with Crippen molar-refractivity contribution < 1.29 is 4.74 Å². The number of rotatable bonds is 6. The fourth-order valence-electron chi connectivity index (χ4n) is 1.36. The molecule has 0 bridgehead atoms. The van der Waals surface area contributed by atoms with Crippen molar-refractivity contribution in [2.75, 3.05) is 18.5 Å². The first kappa shape index (κ1) is 14.4. The second-order valence-electron chi connectivity index (χ2n) is 4.29. The van der Waals surface area contributed by atoms with Gasteiger partial charge in [-0.25, -0.2) is 9.97 Å². The molecule has 0 radical (unpaired) electrons. The van der Waals surface area contributed by atoms with Crippen LogP contribution in [-0.2, 0) is 4.74 Å². The Balaban J connectivity index is 2.70. The van der Waals surface area contributed by atoms with Gasteiger partial charge in [-0.15, -0.1) is 0 Å². The minimum Gasteiger partial charge on any atom is -0.380 e. The monoisotopic (exact) mass is 301 g/mol. The van der Waals surface area contributed by atoms with E-state index < -0.39 is 0 Å². The third-order valence-corrected chi connectivity index (χ3v) is 2.60. The Hall–Kier alpha value is -0.680. The number of aromatic nitrogens is 2. The molecule has 1 heterocycles. The molecule has 1 atom stereocenters. The summed E-state index contributed by atoms with van der Waals surface area (Å²) < 4.78 is 6.17. The fraction of sp³-hybridized carbons (Fsp3) is 0.667. The topological polar surface area (TPSA) is 47.0 Å². The Bertz CT molecular complexity index is 358. The lowest BCUT2D eigenvalue weighted by molar-refractivity contribution is 0.141. The van der Waals surface area contributed by atoms with E-state index in [0.717, 1.165) is 22.9 Å². The van der Waals surface area contributed by atoms with Crippen LogP contribution in [0, 0.1) is 0 Å². The molecule has 0 aromatic carbocycles. The molecule has 1 rings (SSSR count). The number of anilines is 1. The molecule has 0 spiro atoms. The maximum Gasteiger partial charge on any atom is 0.134 e. The highest BCUT2D eigenvalue weighted by Gasteiger charge is 2.08. The molecule has 0 saturated carbocycles. The van der Waals surface area contributed by atoms with E-state index in [2.05, 4.69) is 52.0 Å². The maximum absolute atomic E-state index is 5.36. The highest BCUT2D eigenvalue weighted by atomic mass is 79.9. The molecule has 0 aliphatic carbocycles. The Kier molecular flexibility index (Phi) is 5.85. The zero-order valence-electron chi connectivity index (χ0n) is 10.8. The Morgan fingerprint density at radius 2 is 2.06 bits per heavy atom. The molecule has 96 valence electrons. The predicted molar refractivity (Wildman–Crippen MR) is 73.4 cm³/mol. The number of ether oxygens (including phenoxy) is 1. The van der Waals surface area contributed by atoms with Crippen molar-refractivity contribution in [1.82, 2.24) is 9.97 Å². The number of halogens is 1. The zero-order valence-corrected chi connectivity index (χ0v) is 12.4. The van der Waals surface area contributed by atoms with E-state index >= 15 is 0 Å². The highest BCUT2D eigenvalue weighted by Crippen LogP contribution is 2.17. The van der Waals surface area contributed by atoms with E-state index in [1.54, 1.807) is 0 Å². The van der Waals surface area contributed by atoms with Gasteiger partial charge in [0.2, 0.25) is 0 Å². The normalized spacial score (nSPS) is 12.8. The molecule has 0 amide bonds. The third kappa shape index (κ3) is 5.00. The van der Waals surface area contributed by atoms with Crippen LogP contribution in [0.2, 0.25) is 0 Å². The summed E-state index contributed by atoms with van der Waals surface area (Å²) in [5, 5.41) is 3.31. The van der Waals surface area contributed by atoms with Gasteiger partial charge in [0.25, 0.3) is 0 Å². The van der Waals surface area contributed by atoms with Gasteiger partial charge >= 0.3 is 0 Å². The molecule has 1 N–H and O–H groups in total. The summed E-state index contributed by atoms with van der Waals surface area (Å²) in [4.78, 5) is 8.81. The van der Waals surface area contributed by atoms with E-state index in [-0.39, 0.29) is 6.04 Å². The molecule has 1 unspecified atom stereocenters. The SMILES string of the molecule is CCOCC(C)Nc1cc(Br)nc(C(C)C)n1. The van der Waals surface area contributed by atoms with Crippen molar-refractivity contribution in [2.45, 2.75) is 39.7 Å². The lowest BCUT2D eigenvalue weighted by atomic mass is 10.2. The molecular formula is C12H20BrN3O. The summed E-state index contributed by atoms with van der Waals surface area (Å²) in [6, 6.07) is 2.12. The Morgan fingerprint density at radius 1 is 1.35 bits per heavy atom. The van der Waals surface area contributed by atoms with Gasteiger partial charge in [0.15, 0.2) is 0 Å². The van der Waals surface area contributed by atoms with Crippen LogP contribution in [0.4, 0.5) is 5.82 Å². The zero-order chi connectivity index (χ0) is 12.8. The largest absolute Gasteiger partial charge is 0.380 e. The first-order valence-corrected chi connectivity index (χ1v) is 6.71. The van der Waals surface area contributed by atoms with Crippen molar-refractivity contribution in [2.24, 2.45) is 0 Å². The number of hydrogen-bond donors (Lipinski definition) is 1. The Morgan fingerprint density at radius 3 is 2.65 bits per heavy atom. The summed E-state index contributed by atoms with van der Waals surface area (Å²) in [7, 11) is 0. The van der Waals surface area contributed by atoms with Crippen LogP contribution in [-0.4, -0.2) is 29.2 Å². The van der Waals surface area contributed by atoms with Crippen molar-refractivity contribution in [3.05, 3.63) is 16.5 Å². The second-order valence-corrected chi connectivity index (χ2v) is 5.11. The number of nitrogens with zero attached hydrogens (tertiary/aromatic N) is 2. The van der Waals surface area contributed by atoms with Gasteiger partial charge in [0.1, 0.15) is 16.2 Å². The lowest BCUT2D eigenvalue weighted by Gasteiger charge is -2.15. The van der Waals surface area contributed by atoms with Crippen LogP contribution in [0.1, 0.15) is 39.4 Å². The van der Waals surface area contributed by atoms with Crippen LogP contribution >= 0.6 is 15.9 Å². The molecule has 4 nitrogen and oxygen atoms in total. The van der Waals surface area contributed by atoms with Crippen LogP contribution in [0.3, 0.4) is 0 Å². The first-order valence-electron chi connectivity index (χ1n) is 5.91. The molecule has 0 saturated heterocycles. The van der Waals surface area contributed by atoms with E-state index in [9.17, 15) is 0 Å². The minimum atomic E-state index is 0.233. The summed E-state index contributed by atoms with van der Waals surface area (Å²) in [6.45, 7) is 9.63. The molecular weight excluding hydrogens is 282 g/mol. The summed E-state index contributed by atoms with van der Waals surface area (Å²) in [5.41, 5.74) is 0. The second kappa shape index (κ2) is 6.91. The van der Waals surface area contributed by atoms with Crippen LogP contribution in [0.25, 0.3) is 0 Å². The fourth-order valence-corrected chi connectivity index (χ4v) is 1.75. The molecule has 1 aromatic rings. The number of nitrogens with one attached hydrogen (secondary N) is 1. The maximum atomic E-state index is 5.36.